The SMILES string of the molecule is C[C@@H]1CN2C[C@H](O)CC2CN1Cc1cn[nH]c1-c1cccs1. The first-order chi connectivity index (χ1) is 10.7. The summed E-state index contributed by atoms with van der Waals surface area (Å²) in [6, 6.07) is 5.22. The molecule has 6 heteroatoms. The highest BCUT2D eigenvalue weighted by atomic mass is 32.1. The largest absolute Gasteiger partial charge is 0.392 e. The Kier molecular flexibility index (Phi) is 3.78. The zero-order valence-electron chi connectivity index (χ0n) is 12.8. The molecular weight excluding hydrogens is 296 g/mol. The van der Waals surface area contributed by atoms with E-state index >= 15 is 0 Å². The fourth-order valence-electron chi connectivity index (χ4n) is 3.78. The molecule has 2 aliphatic rings. The lowest BCUT2D eigenvalue weighted by atomic mass is 10.1. The van der Waals surface area contributed by atoms with Gasteiger partial charge in [0.15, 0.2) is 0 Å². The number of aromatic amines is 1. The summed E-state index contributed by atoms with van der Waals surface area (Å²) < 4.78 is 0. The van der Waals surface area contributed by atoms with Gasteiger partial charge >= 0.3 is 0 Å². The molecule has 2 aliphatic heterocycles. The minimum atomic E-state index is -0.146. The summed E-state index contributed by atoms with van der Waals surface area (Å²) in [5, 5.41) is 19.4. The number of hydrogen-bond donors (Lipinski definition) is 2. The maximum Gasteiger partial charge on any atom is 0.0794 e. The van der Waals surface area contributed by atoms with Gasteiger partial charge in [0, 0.05) is 43.8 Å². The lowest BCUT2D eigenvalue weighted by Crippen LogP contribution is -2.54. The van der Waals surface area contributed by atoms with Crippen LogP contribution in [0, 0.1) is 0 Å². The molecule has 0 aliphatic carbocycles. The average Bonchev–Trinajstić information content (AvgIpc) is 3.18. The summed E-state index contributed by atoms with van der Waals surface area (Å²) in [4.78, 5) is 6.22. The summed E-state index contributed by atoms with van der Waals surface area (Å²) in [5.41, 5.74) is 2.41. The number of aromatic nitrogens is 2. The number of nitrogens with zero attached hydrogens (tertiary/aromatic N) is 3. The molecule has 0 spiro atoms. The first-order valence-electron chi connectivity index (χ1n) is 7.93. The summed E-state index contributed by atoms with van der Waals surface area (Å²) in [5.74, 6) is 0. The Morgan fingerprint density at radius 1 is 1.41 bits per heavy atom. The van der Waals surface area contributed by atoms with Crippen LogP contribution in [0.4, 0.5) is 0 Å². The quantitative estimate of drug-likeness (QED) is 0.906. The zero-order valence-corrected chi connectivity index (χ0v) is 13.6. The summed E-state index contributed by atoms with van der Waals surface area (Å²) in [7, 11) is 0. The van der Waals surface area contributed by atoms with Crippen molar-refractivity contribution in [3.05, 3.63) is 29.3 Å². The van der Waals surface area contributed by atoms with Crippen LogP contribution in [0.3, 0.4) is 0 Å². The number of fused-ring (bicyclic) bond motifs is 1. The monoisotopic (exact) mass is 318 g/mol. The van der Waals surface area contributed by atoms with Crippen LogP contribution in [0.2, 0.25) is 0 Å². The van der Waals surface area contributed by atoms with E-state index in [0.29, 0.717) is 12.1 Å². The van der Waals surface area contributed by atoms with E-state index in [2.05, 4.69) is 44.4 Å². The van der Waals surface area contributed by atoms with Crippen LogP contribution >= 0.6 is 11.3 Å². The first kappa shape index (κ1) is 14.4. The van der Waals surface area contributed by atoms with E-state index in [4.69, 9.17) is 0 Å². The lowest BCUT2D eigenvalue weighted by Gasteiger charge is -2.42. The Bertz CT molecular complexity index is 626. The summed E-state index contributed by atoms with van der Waals surface area (Å²) in [6.45, 7) is 6.13. The van der Waals surface area contributed by atoms with E-state index < -0.39 is 0 Å². The molecule has 0 saturated carbocycles. The summed E-state index contributed by atoms with van der Waals surface area (Å²) in [6.07, 6.45) is 2.72. The molecule has 0 radical (unpaired) electrons. The van der Waals surface area contributed by atoms with Gasteiger partial charge in [-0.1, -0.05) is 6.07 Å². The predicted octanol–water partition coefficient (Wildman–Crippen LogP) is 1.78. The Balaban J connectivity index is 1.51. The van der Waals surface area contributed by atoms with E-state index in [0.717, 1.165) is 38.3 Å². The van der Waals surface area contributed by atoms with Crippen molar-refractivity contribution >= 4 is 11.3 Å². The molecule has 4 rings (SSSR count). The molecule has 22 heavy (non-hydrogen) atoms. The van der Waals surface area contributed by atoms with E-state index in [-0.39, 0.29) is 6.10 Å². The van der Waals surface area contributed by atoms with Crippen LogP contribution in [0.25, 0.3) is 10.6 Å². The smallest absolute Gasteiger partial charge is 0.0794 e. The molecule has 118 valence electrons. The molecule has 2 aromatic heterocycles. The molecule has 2 N–H and O–H groups in total. The minimum absolute atomic E-state index is 0.146. The molecule has 2 fully saturated rings. The van der Waals surface area contributed by atoms with Gasteiger partial charge in [-0.25, -0.2) is 0 Å². The number of H-pyrrole nitrogens is 1. The molecule has 2 aromatic rings. The van der Waals surface area contributed by atoms with Crippen LogP contribution in [0.5, 0.6) is 0 Å². The number of hydrogen-bond acceptors (Lipinski definition) is 5. The number of rotatable bonds is 3. The Hall–Kier alpha value is -1.21. The molecule has 2 saturated heterocycles. The Labute approximate surface area is 134 Å². The normalized spacial score (nSPS) is 29.8. The molecule has 0 aromatic carbocycles. The van der Waals surface area contributed by atoms with Gasteiger partial charge in [0.25, 0.3) is 0 Å². The van der Waals surface area contributed by atoms with Crippen LogP contribution in [0.15, 0.2) is 23.7 Å². The van der Waals surface area contributed by atoms with Crippen molar-refractivity contribution in [1.82, 2.24) is 20.0 Å². The van der Waals surface area contributed by atoms with Crippen molar-refractivity contribution in [2.24, 2.45) is 0 Å². The molecule has 5 nitrogen and oxygen atoms in total. The predicted molar refractivity (Wildman–Crippen MR) is 87.8 cm³/mol. The van der Waals surface area contributed by atoms with Crippen molar-refractivity contribution in [3.8, 4) is 10.6 Å². The molecule has 0 bridgehead atoms. The number of nitrogens with one attached hydrogen (secondary N) is 1. The second-order valence-electron chi connectivity index (χ2n) is 6.52. The van der Waals surface area contributed by atoms with Crippen molar-refractivity contribution < 1.29 is 5.11 Å². The third kappa shape index (κ3) is 2.60. The molecule has 3 atom stereocenters. The van der Waals surface area contributed by atoms with Crippen molar-refractivity contribution in [2.45, 2.75) is 38.1 Å². The zero-order chi connectivity index (χ0) is 15.1. The molecule has 4 heterocycles. The number of aliphatic hydroxyl groups is 1. The fraction of sp³-hybridized carbons (Fsp3) is 0.562. The Morgan fingerprint density at radius 3 is 3.14 bits per heavy atom. The highest BCUT2D eigenvalue weighted by Gasteiger charge is 2.38. The number of aliphatic hydroxyl groups excluding tert-OH is 1. The second-order valence-corrected chi connectivity index (χ2v) is 7.47. The second kappa shape index (κ2) is 5.77. The van der Waals surface area contributed by atoms with E-state index in [1.54, 1.807) is 11.3 Å². The van der Waals surface area contributed by atoms with E-state index in [1.807, 2.05) is 6.20 Å². The van der Waals surface area contributed by atoms with Crippen LogP contribution < -0.4 is 0 Å². The van der Waals surface area contributed by atoms with Gasteiger partial charge in [-0.2, -0.15) is 5.10 Å². The van der Waals surface area contributed by atoms with Crippen molar-refractivity contribution in [2.75, 3.05) is 19.6 Å². The standard InChI is InChI=1S/C16H22N4OS/c1-11-7-20-10-14(21)5-13(20)9-19(11)8-12-6-17-18-16(12)15-3-2-4-22-15/h2-4,6,11,13-14,21H,5,7-10H2,1H3,(H,17,18)/t11-,13?,14-/m1/s1. The molecule has 0 amide bonds. The van der Waals surface area contributed by atoms with Gasteiger partial charge in [0.05, 0.1) is 22.9 Å². The number of thiophene rings is 1. The fourth-order valence-corrected chi connectivity index (χ4v) is 4.54. The van der Waals surface area contributed by atoms with Crippen molar-refractivity contribution in [1.29, 1.82) is 0 Å². The van der Waals surface area contributed by atoms with Crippen LogP contribution in [-0.2, 0) is 6.54 Å². The van der Waals surface area contributed by atoms with Gasteiger partial charge < -0.3 is 5.11 Å². The van der Waals surface area contributed by atoms with Gasteiger partial charge in [0.1, 0.15) is 0 Å². The van der Waals surface area contributed by atoms with E-state index in [9.17, 15) is 5.11 Å². The van der Waals surface area contributed by atoms with Gasteiger partial charge in [-0.05, 0) is 24.8 Å². The topological polar surface area (TPSA) is 55.4 Å². The molecular formula is C16H22N4OS. The highest BCUT2D eigenvalue weighted by molar-refractivity contribution is 7.13. The maximum atomic E-state index is 9.88. The van der Waals surface area contributed by atoms with E-state index in [1.165, 1.54) is 10.4 Å². The minimum Gasteiger partial charge on any atom is -0.392 e. The first-order valence-corrected chi connectivity index (χ1v) is 8.81. The third-order valence-corrected chi connectivity index (χ3v) is 5.82. The number of piperazine rings is 1. The lowest BCUT2D eigenvalue weighted by molar-refractivity contribution is 0.0530. The van der Waals surface area contributed by atoms with Crippen LogP contribution in [0.1, 0.15) is 18.9 Å². The third-order valence-electron chi connectivity index (χ3n) is 4.93. The van der Waals surface area contributed by atoms with Gasteiger partial charge in [-0.3, -0.25) is 14.9 Å². The van der Waals surface area contributed by atoms with Gasteiger partial charge in [-0.15, -0.1) is 11.3 Å². The molecule has 1 unspecified atom stereocenters. The van der Waals surface area contributed by atoms with Gasteiger partial charge in [0.2, 0.25) is 0 Å². The van der Waals surface area contributed by atoms with Crippen LogP contribution in [-0.4, -0.2) is 62.9 Å². The summed E-state index contributed by atoms with van der Waals surface area (Å²) >= 11 is 1.74. The highest BCUT2D eigenvalue weighted by Crippen LogP contribution is 2.30. The average molecular weight is 318 g/mol. The Morgan fingerprint density at radius 2 is 2.32 bits per heavy atom. The maximum absolute atomic E-state index is 9.88. The van der Waals surface area contributed by atoms with Crippen molar-refractivity contribution in [3.63, 3.8) is 0 Å².